The van der Waals surface area contributed by atoms with Crippen molar-refractivity contribution in [1.29, 1.82) is 0 Å². The molecule has 0 bridgehead atoms. The first-order valence-corrected chi connectivity index (χ1v) is 9.48. The third kappa shape index (κ3) is 3.80. The van der Waals surface area contributed by atoms with Gasteiger partial charge in [-0.25, -0.2) is 4.39 Å². The second-order valence-corrected chi connectivity index (χ2v) is 6.62. The van der Waals surface area contributed by atoms with Crippen molar-refractivity contribution < 1.29 is 13.9 Å². The molecule has 5 nitrogen and oxygen atoms in total. The van der Waals surface area contributed by atoms with Crippen molar-refractivity contribution in [2.24, 2.45) is 0 Å². The number of hydrogen-bond donors (Lipinski definition) is 1. The molecule has 1 heterocycles. The average Bonchev–Trinajstić information content (AvgIpc) is 3.19. The molecule has 0 fully saturated rings. The topological polar surface area (TPSA) is 56.1 Å². The third-order valence-corrected chi connectivity index (χ3v) is 4.71. The molecule has 1 N–H and O–H groups in total. The second kappa shape index (κ2) is 8.61. The van der Waals surface area contributed by atoms with E-state index in [1.165, 1.54) is 13.2 Å². The molecule has 150 valence electrons. The zero-order valence-corrected chi connectivity index (χ0v) is 16.4. The average molecular weight is 401 g/mol. The summed E-state index contributed by atoms with van der Waals surface area (Å²) < 4.78 is 21.2. The van der Waals surface area contributed by atoms with Crippen molar-refractivity contribution in [1.82, 2.24) is 15.1 Å². The maximum atomic E-state index is 14.0. The predicted octanol–water partition coefficient (Wildman–Crippen LogP) is 4.62. The minimum absolute atomic E-state index is 0.0550. The number of carbonyl (C=O) groups is 1. The molecular weight excluding hydrogens is 381 g/mol. The van der Waals surface area contributed by atoms with Gasteiger partial charge in [-0.15, -0.1) is 0 Å². The van der Waals surface area contributed by atoms with Gasteiger partial charge in [-0.3, -0.25) is 4.79 Å². The normalized spacial score (nSPS) is 10.6. The van der Waals surface area contributed by atoms with Crippen molar-refractivity contribution in [2.75, 3.05) is 7.11 Å². The molecule has 0 saturated heterocycles. The van der Waals surface area contributed by atoms with Gasteiger partial charge in [-0.1, -0.05) is 66.7 Å². The Kier molecular flexibility index (Phi) is 5.57. The fraction of sp³-hybridized carbons (Fsp3) is 0.0833. The highest BCUT2D eigenvalue weighted by Crippen LogP contribution is 2.32. The minimum Gasteiger partial charge on any atom is -0.480 e. The number of nitrogens with one attached hydrogen (secondary N) is 1. The van der Waals surface area contributed by atoms with Crippen LogP contribution in [0.25, 0.3) is 16.9 Å². The number of nitrogens with zero attached hydrogens (tertiary/aromatic N) is 2. The van der Waals surface area contributed by atoms with Crippen LogP contribution < -0.4 is 10.1 Å². The van der Waals surface area contributed by atoms with Gasteiger partial charge in [0.2, 0.25) is 5.88 Å². The van der Waals surface area contributed by atoms with Gasteiger partial charge in [0.15, 0.2) is 0 Å². The Balaban J connectivity index is 1.77. The largest absolute Gasteiger partial charge is 0.480 e. The zero-order valence-electron chi connectivity index (χ0n) is 16.4. The van der Waals surface area contributed by atoms with Crippen LogP contribution in [-0.4, -0.2) is 22.8 Å². The molecule has 0 radical (unpaired) electrons. The van der Waals surface area contributed by atoms with Gasteiger partial charge in [0.25, 0.3) is 5.91 Å². The second-order valence-electron chi connectivity index (χ2n) is 6.62. The maximum absolute atomic E-state index is 14.0. The van der Waals surface area contributed by atoms with E-state index in [9.17, 15) is 9.18 Å². The Hall–Kier alpha value is -3.93. The van der Waals surface area contributed by atoms with Crippen LogP contribution in [0, 0.1) is 5.82 Å². The summed E-state index contributed by atoms with van der Waals surface area (Å²) in [6.07, 6.45) is 0. The van der Waals surface area contributed by atoms with E-state index >= 15 is 0 Å². The molecule has 1 aromatic heterocycles. The zero-order chi connectivity index (χ0) is 20.9. The summed E-state index contributed by atoms with van der Waals surface area (Å²) in [5, 5.41) is 7.47. The molecule has 3 aromatic carbocycles. The molecule has 4 rings (SSSR count). The van der Waals surface area contributed by atoms with Gasteiger partial charge in [0, 0.05) is 17.7 Å². The number of ether oxygens (including phenoxy) is 1. The number of amides is 1. The predicted molar refractivity (Wildman–Crippen MR) is 113 cm³/mol. The van der Waals surface area contributed by atoms with Crippen LogP contribution in [0.15, 0.2) is 84.9 Å². The van der Waals surface area contributed by atoms with Crippen molar-refractivity contribution in [3.8, 4) is 22.8 Å². The molecule has 0 saturated carbocycles. The fourth-order valence-electron chi connectivity index (χ4n) is 3.24. The van der Waals surface area contributed by atoms with Gasteiger partial charge in [-0.2, -0.15) is 9.78 Å². The van der Waals surface area contributed by atoms with Crippen LogP contribution in [0.1, 0.15) is 15.9 Å². The standard InChI is InChI=1S/C24H20FN3O2/c1-30-24-21(23(29)26-16-18-12-8-9-15-20(18)25)22(17-10-4-2-5-11-17)27-28(24)19-13-6-3-7-14-19/h2-15H,16H2,1H3,(H,26,29). The van der Waals surface area contributed by atoms with Gasteiger partial charge in [0.1, 0.15) is 17.1 Å². The lowest BCUT2D eigenvalue weighted by molar-refractivity contribution is 0.0948. The lowest BCUT2D eigenvalue weighted by Gasteiger charge is -2.09. The van der Waals surface area contributed by atoms with Crippen LogP contribution in [0.5, 0.6) is 5.88 Å². The first-order chi connectivity index (χ1) is 14.7. The number of methoxy groups -OCH3 is 1. The number of aromatic nitrogens is 2. The lowest BCUT2D eigenvalue weighted by atomic mass is 10.1. The molecule has 0 aliphatic rings. The van der Waals surface area contributed by atoms with Gasteiger partial charge in [-0.05, 0) is 18.2 Å². The van der Waals surface area contributed by atoms with Crippen molar-refractivity contribution in [3.63, 3.8) is 0 Å². The van der Waals surface area contributed by atoms with Gasteiger partial charge in [0.05, 0.1) is 12.8 Å². The molecule has 4 aromatic rings. The molecule has 30 heavy (non-hydrogen) atoms. The van der Waals surface area contributed by atoms with Gasteiger partial charge < -0.3 is 10.1 Å². The van der Waals surface area contributed by atoms with Crippen LogP contribution in [-0.2, 0) is 6.54 Å². The quantitative estimate of drug-likeness (QED) is 0.513. The first kappa shape index (κ1) is 19.4. The van der Waals surface area contributed by atoms with Crippen LogP contribution in [0.4, 0.5) is 4.39 Å². The Bertz CT molecular complexity index is 1160. The summed E-state index contributed by atoms with van der Waals surface area (Å²) in [5.74, 6) is -0.449. The number of hydrogen-bond acceptors (Lipinski definition) is 3. The van der Waals surface area contributed by atoms with Crippen molar-refractivity contribution >= 4 is 5.91 Å². The van der Waals surface area contributed by atoms with Crippen LogP contribution in [0.3, 0.4) is 0 Å². The summed E-state index contributed by atoms with van der Waals surface area (Å²) >= 11 is 0. The first-order valence-electron chi connectivity index (χ1n) is 9.48. The van der Waals surface area contributed by atoms with Crippen LogP contribution in [0.2, 0.25) is 0 Å². The van der Waals surface area contributed by atoms with E-state index in [4.69, 9.17) is 4.74 Å². The van der Waals surface area contributed by atoms with E-state index in [1.54, 1.807) is 22.9 Å². The van der Waals surface area contributed by atoms with Crippen molar-refractivity contribution in [3.05, 3.63) is 102 Å². The molecule has 1 amide bonds. The number of carbonyl (C=O) groups excluding carboxylic acids is 1. The highest BCUT2D eigenvalue weighted by atomic mass is 19.1. The van der Waals surface area contributed by atoms with E-state index in [0.717, 1.165) is 11.3 Å². The Morgan fingerprint density at radius 3 is 2.27 bits per heavy atom. The molecule has 0 atom stereocenters. The van der Waals surface area contributed by atoms with E-state index in [-0.39, 0.29) is 12.4 Å². The molecule has 6 heteroatoms. The Labute approximate surface area is 173 Å². The Morgan fingerprint density at radius 1 is 0.967 bits per heavy atom. The SMILES string of the molecule is COc1c(C(=O)NCc2ccccc2F)c(-c2ccccc2)nn1-c1ccccc1. The fourth-order valence-corrected chi connectivity index (χ4v) is 3.24. The smallest absolute Gasteiger partial charge is 0.259 e. The van der Waals surface area contributed by atoms with Crippen LogP contribution >= 0.6 is 0 Å². The minimum atomic E-state index is -0.392. The van der Waals surface area contributed by atoms with E-state index in [0.29, 0.717) is 22.7 Å². The summed E-state index contributed by atoms with van der Waals surface area (Å²) in [7, 11) is 1.50. The number of halogens is 1. The monoisotopic (exact) mass is 401 g/mol. The lowest BCUT2D eigenvalue weighted by Crippen LogP contribution is -2.24. The summed E-state index contributed by atoms with van der Waals surface area (Å²) in [4.78, 5) is 13.2. The van der Waals surface area contributed by atoms with E-state index in [1.807, 2.05) is 60.7 Å². The third-order valence-electron chi connectivity index (χ3n) is 4.71. The van der Waals surface area contributed by atoms with E-state index < -0.39 is 5.91 Å². The highest BCUT2D eigenvalue weighted by Gasteiger charge is 2.26. The highest BCUT2D eigenvalue weighted by molar-refractivity contribution is 6.02. The van der Waals surface area contributed by atoms with Gasteiger partial charge >= 0.3 is 0 Å². The molecule has 0 unspecified atom stereocenters. The summed E-state index contributed by atoms with van der Waals surface area (Å²) in [6.45, 7) is 0.0550. The number of rotatable bonds is 6. The number of benzene rings is 3. The van der Waals surface area contributed by atoms with E-state index in [2.05, 4.69) is 10.4 Å². The molecule has 0 aliphatic carbocycles. The summed E-state index contributed by atoms with van der Waals surface area (Å²) in [6, 6.07) is 25.2. The molecule has 0 aliphatic heterocycles. The summed E-state index contributed by atoms with van der Waals surface area (Å²) in [5.41, 5.74) is 2.73. The maximum Gasteiger partial charge on any atom is 0.259 e. The molecular formula is C24H20FN3O2. The Morgan fingerprint density at radius 2 is 1.60 bits per heavy atom. The molecule has 0 spiro atoms. The van der Waals surface area contributed by atoms with Crippen molar-refractivity contribution in [2.45, 2.75) is 6.54 Å². The number of para-hydroxylation sites is 1.